The summed E-state index contributed by atoms with van der Waals surface area (Å²) in [5.41, 5.74) is 3.15. The maximum atomic E-state index is 13.5. The zero-order chi connectivity index (χ0) is 23.0. The number of likely N-dealkylation sites (tertiary alicyclic amines) is 1. The molecule has 1 saturated heterocycles. The van der Waals surface area contributed by atoms with Gasteiger partial charge in [-0.15, -0.1) is 0 Å². The SMILES string of the molecule is Cc1ncc(C(=O)N2CCCC[C@H]2c2nc(C)c3c(n2)N(CC(C)C)C(=O)CC3)c(C)n1. The third-order valence-corrected chi connectivity index (χ3v) is 6.29. The highest BCUT2D eigenvalue weighted by molar-refractivity contribution is 5.96. The summed E-state index contributed by atoms with van der Waals surface area (Å²) < 4.78 is 0. The molecule has 0 N–H and O–H groups in total. The van der Waals surface area contributed by atoms with Gasteiger partial charge < -0.3 is 4.90 Å². The molecular formula is C24H32N6O2. The van der Waals surface area contributed by atoms with Gasteiger partial charge in [-0.05, 0) is 52.4 Å². The number of piperidine rings is 1. The lowest BCUT2D eigenvalue weighted by molar-refractivity contribution is -0.119. The van der Waals surface area contributed by atoms with Gasteiger partial charge in [0.05, 0.1) is 17.3 Å². The Morgan fingerprint density at radius 1 is 1.09 bits per heavy atom. The van der Waals surface area contributed by atoms with E-state index in [0.29, 0.717) is 54.8 Å². The minimum Gasteiger partial charge on any atom is -0.328 e. The summed E-state index contributed by atoms with van der Waals surface area (Å²) in [6, 6.07) is -0.223. The zero-order valence-electron chi connectivity index (χ0n) is 19.7. The van der Waals surface area contributed by atoms with E-state index < -0.39 is 0 Å². The molecule has 0 spiro atoms. The molecule has 0 aromatic carbocycles. The summed E-state index contributed by atoms with van der Waals surface area (Å²) >= 11 is 0. The van der Waals surface area contributed by atoms with Gasteiger partial charge in [-0.3, -0.25) is 14.5 Å². The molecule has 8 nitrogen and oxygen atoms in total. The Hall–Kier alpha value is -2.90. The van der Waals surface area contributed by atoms with Crippen LogP contribution in [0.2, 0.25) is 0 Å². The molecule has 0 aliphatic carbocycles. The topological polar surface area (TPSA) is 92.2 Å². The number of aryl methyl sites for hydroxylation is 3. The van der Waals surface area contributed by atoms with E-state index in [0.717, 1.165) is 36.3 Å². The molecule has 8 heteroatoms. The molecule has 2 aliphatic rings. The molecule has 0 saturated carbocycles. The van der Waals surface area contributed by atoms with Crippen LogP contribution in [0.1, 0.15) is 84.5 Å². The van der Waals surface area contributed by atoms with Gasteiger partial charge in [-0.1, -0.05) is 13.8 Å². The third-order valence-electron chi connectivity index (χ3n) is 6.29. The van der Waals surface area contributed by atoms with Crippen molar-refractivity contribution in [3.63, 3.8) is 0 Å². The highest BCUT2D eigenvalue weighted by Crippen LogP contribution is 2.35. The Balaban J connectivity index is 1.72. The monoisotopic (exact) mass is 436 g/mol. The van der Waals surface area contributed by atoms with Crippen molar-refractivity contribution in [1.29, 1.82) is 0 Å². The fraction of sp³-hybridized carbons (Fsp3) is 0.583. The number of amides is 2. The molecule has 4 rings (SSSR count). The molecule has 0 bridgehead atoms. The number of fused-ring (bicyclic) bond motifs is 1. The van der Waals surface area contributed by atoms with E-state index in [4.69, 9.17) is 9.97 Å². The van der Waals surface area contributed by atoms with Crippen LogP contribution in [0.3, 0.4) is 0 Å². The van der Waals surface area contributed by atoms with Gasteiger partial charge in [0, 0.05) is 37.0 Å². The number of rotatable bonds is 4. The van der Waals surface area contributed by atoms with Crippen LogP contribution in [0.25, 0.3) is 0 Å². The number of hydrogen-bond donors (Lipinski definition) is 0. The number of carbonyl (C=O) groups is 2. The van der Waals surface area contributed by atoms with E-state index in [1.807, 2.05) is 30.6 Å². The van der Waals surface area contributed by atoms with Gasteiger partial charge in [-0.25, -0.2) is 19.9 Å². The fourth-order valence-corrected chi connectivity index (χ4v) is 4.70. The Morgan fingerprint density at radius 3 is 2.59 bits per heavy atom. The molecular weight excluding hydrogens is 404 g/mol. The lowest BCUT2D eigenvalue weighted by Gasteiger charge is -2.36. The summed E-state index contributed by atoms with van der Waals surface area (Å²) in [5, 5.41) is 0. The van der Waals surface area contributed by atoms with Crippen LogP contribution in [-0.2, 0) is 11.2 Å². The summed E-state index contributed by atoms with van der Waals surface area (Å²) in [7, 11) is 0. The molecule has 2 aromatic heterocycles. The van der Waals surface area contributed by atoms with Gasteiger partial charge >= 0.3 is 0 Å². The van der Waals surface area contributed by atoms with Crippen LogP contribution < -0.4 is 4.90 Å². The molecule has 1 fully saturated rings. The summed E-state index contributed by atoms with van der Waals surface area (Å²) in [5.74, 6) is 2.37. The maximum Gasteiger partial charge on any atom is 0.257 e. The second-order valence-electron chi connectivity index (χ2n) is 9.29. The molecule has 4 heterocycles. The van der Waals surface area contributed by atoms with Gasteiger partial charge in [0.25, 0.3) is 5.91 Å². The van der Waals surface area contributed by atoms with Crippen molar-refractivity contribution in [3.8, 4) is 0 Å². The minimum atomic E-state index is -0.223. The first kappa shape index (κ1) is 22.3. The predicted molar refractivity (Wildman–Crippen MR) is 121 cm³/mol. The van der Waals surface area contributed by atoms with Crippen molar-refractivity contribution in [1.82, 2.24) is 24.8 Å². The predicted octanol–water partition coefficient (Wildman–Crippen LogP) is 3.49. The van der Waals surface area contributed by atoms with E-state index in [-0.39, 0.29) is 17.9 Å². The number of hydrogen-bond acceptors (Lipinski definition) is 6. The second kappa shape index (κ2) is 8.92. The summed E-state index contributed by atoms with van der Waals surface area (Å²) in [6.45, 7) is 11.1. The second-order valence-corrected chi connectivity index (χ2v) is 9.29. The van der Waals surface area contributed by atoms with Crippen molar-refractivity contribution in [3.05, 3.63) is 40.4 Å². The van der Waals surface area contributed by atoms with Crippen molar-refractivity contribution < 1.29 is 9.59 Å². The van der Waals surface area contributed by atoms with Crippen molar-refractivity contribution >= 4 is 17.6 Å². The van der Waals surface area contributed by atoms with Crippen LogP contribution >= 0.6 is 0 Å². The van der Waals surface area contributed by atoms with Crippen LogP contribution in [0.4, 0.5) is 5.82 Å². The van der Waals surface area contributed by atoms with Crippen molar-refractivity contribution in [2.24, 2.45) is 5.92 Å². The van der Waals surface area contributed by atoms with Gasteiger partial charge in [-0.2, -0.15) is 0 Å². The Labute approximate surface area is 189 Å². The molecule has 1 atom stereocenters. The molecule has 0 unspecified atom stereocenters. The van der Waals surface area contributed by atoms with Crippen molar-refractivity contribution in [2.45, 2.75) is 72.8 Å². The van der Waals surface area contributed by atoms with E-state index in [2.05, 4.69) is 23.8 Å². The third kappa shape index (κ3) is 4.23. The highest BCUT2D eigenvalue weighted by atomic mass is 16.2. The van der Waals surface area contributed by atoms with E-state index >= 15 is 0 Å². The molecule has 0 radical (unpaired) electrons. The number of anilines is 1. The van der Waals surface area contributed by atoms with Gasteiger partial charge in [0.1, 0.15) is 11.6 Å². The van der Waals surface area contributed by atoms with Gasteiger partial charge in [0.2, 0.25) is 5.91 Å². The Morgan fingerprint density at radius 2 is 1.88 bits per heavy atom. The number of aromatic nitrogens is 4. The molecule has 2 amide bonds. The number of carbonyl (C=O) groups excluding carboxylic acids is 2. The average molecular weight is 437 g/mol. The van der Waals surface area contributed by atoms with E-state index in [1.54, 1.807) is 6.20 Å². The molecule has 32 heavy (non-hydrogen) atoms. The number of nitrogens with zero attached hydrogens (tertiary/aromatic N) is 6. The van der Waals surface area contributed by atoms with Crippen LogP contribution in [-0.4, -0.2) is 49.7 Å². The fourth-order valence-electron chi connectivity index (χ4n) is 4.70. The van der Waals surface area contributed by atoms with E-state index in [1.165, 1.54) is 0 Å². The average Bonchev–Trinajstić information content (AvgIpc) is 2.75. The maximum absolute atomic E-state index is 13.5. The standard InChI is InChI=1S/C24H32N6O2/c1-14(2)13-30-21(31)10-9-18-15(3)27-22(28-23(18)30)20-8-6-7-11-29(20)24(32)19-12-25-17(5)26-16(19)4/h12,14,20H,6-11,13H2,1-5H3/t20-/m0/s1. The first-order valence-corrected chi connectivity index (χ1v) is 11.5. The minimum absolute atomic E-state index is 0.0821. The first-order valence-electron chi connectivity index (χ1n) is 11.5. The Kier molecular flexibility index (Phi) is 6.22. The van der Waals surface area contributed by atoms with Crippen LogP contribution in [0.5, 0.6) is 0 Å². The van der Waals surface area contributed by atoms with Crippen molar-refractivity contribution in [2.75, 3.05) is 18.0 Å². The smallest absolute Gasteiger partial charge is 0.257 e. The highest BCUT2D eigenvalue weighted by Gasteiger charge is 2.35. The quantitative estimate of drug-likeness (QED) is 0.728. The Bertz CT molecular complexity index is 1050. The van der Waals surface area contributed by atoms with Gasteiger partial charge in [0.15, 0.2) is 5.82 Å². The van der Waals surface area contributed by atoms with E-state index in [9.17, 15) is 9.59 Å². The molecule has 2 aromatic rings. The molecule has 2 aliphatic heterocycles. The lowest BCUT2D eigenvalue weighted by Crippen LogP contribution is -2.42. The first-order chi connectivity index (χ1) is 15.3. The largest absolute Gasteiger partial charge is 0.328 e. The van der Waals surface area contributed by atoms with Crippen LogP contribution in [0, 0.1) is 26.7 Å². The summed E-state index contributed by atoms with van der Waals surface area (Å²) in [6.07, 6.45) is 5.52. The lowest BCUT2D eigenvalue weighted by atomic mass is 9.98. The van der Waals surface area contributed by atoms with Crippen LogP contribution in [0.15, 0.2) is 6.20 Å². The normalized spacial score (nSPS) is 18.8. The molecule has 170 valence electrons. The zero-order valence-corrected chi connectivity index (χ0v) is 19.7. The summed E-state index contributed by atoms with van der Waals surface area (Å²) in [4.78, 5) is 48.2.